The number of hydrogen-bond acceptors (Lipinski definition) is 13. The standard InChI is InChI=1S/C50H58N8O9S/c1-9-68(61,62)56-35-14-16-42(40(26-35)41-31-58(8)45(60)43-39(41)17-18-52-43)66-37-12-10-11-36(27-37)65-24-23-64-22-21-63-20-19-57(7)48-53-29-34(30-54-48)44(59)55-46-49(3,4)47(50(46,5)6)67-38-15-13-33(28-51)32(2)25-38/h10-18,25-27,29-31,46-47,52,56H,9,19-24H2,1-8H3,(H,55,59). The van der Waals surface area contributed by atoms with Crippen LogP contribution < -0.4 is 34.7 Å². The van der Waals surface area contributed by atoms with Crippen molar-refractivity contribution in [3.63, 3.8) is 0 Å². The van der Waals surface area contributed by atoms with Crippen LogP contribution in [0.15, 0.2) is 96.3 Å². The summed E-state index contributed by atoms with van der Waals surface area (Å²) in [4.78, 5) is 39.9. The van der Waals surface area contributed by atoms with E-state index >= 15 is 0 Å². The van der Waals surface area contributed by atoms with Crippen LogP contribution in [0.4, 0.5) is 11.6 Å². The maximum atomic E-state index is 13.4. The number of nitrogens with one attached hydrogen (secondary N) is 3. The Hall–Kier alpha value is -6.94. The van der Waals surface area contributed by atoms with E-state index in [2.05, 4.69) is 58.8 Å². The lowest BCUT2D eigenvalue weighted by atomic mass is 9.49. The van der Waals surface area contributed by atoms with E-state index in [1.807, 2.05) is 37.1 Å². The quantitative estimate of drug-likeness (QED) is 0.0610. The molecule has 7 rings (SSSR count). The van der Waals surface area contributed by atoms with Gasteiger partial charge >= 0.3 is 0 Å². The smallest absolute Gasteiger partial charge is 0.274 e. The number of H-pyrrole nitrogens is 1. The number of aryl methyl sites for hydroxylation is 2. The lowest BCUT2D eigenvalue weighted by Crippen LogP contribution is -2.74. The normalized spacial score (nSPS) is 16.0. The van der Waals surface area contributed by atoms with Gasteiger partial charge in [0.05, 0.1) is 49.4 Å². The highest BCUT2D eigenvalue weighted by atomic mass is 32.2. The number of likely N-dealkylation sites (N-methyl/N-ethyl adjacent to an activating group) is 1. The molecule has 3 aromatic heterocycles. The minimum absolute atomic E-state index is 0.0903. The van der Waals surface area contributed by atoms with Gasteiger partial charge in [-0.1, -0.05) is 33.8 Å². The number of ether oxygens (including phenoxy) is 5. The number of fused-ring (bicyclic) bond motifs is 1. The van der Waals surface area contributed by atoms with Gasteiger partial charge in [-0.2, -0.15) is 5.26 Å². The largest absolute Gasteiger partial charge is 0.491 e. The van der Waals surface area contributed by atoms with Gasteiger partial charge in [0.1, 0.15) is 41.2 Å². The van der Waals surface area contributed by atoms with Crippen molar-refractivity contribution >= 4 is 38.5 Å². The van der Waals surface area contributed by atoms with Gasteiger partial charge in [0.25, 0.3) is 11.5 Å². The second-order valence-electron chi connectivity index (χ2n) is 17.9. The number of nitriles is 1. The first-order chi connectivity index (χ1) is 32.4. The lowest BCUT2D eigenvalue weighted by Gasteiger charge is -2.63. The van der Waals surface area contributed by atoms with Crippen LogP contribution in [0.2, 0.25) is 0 Å². The molecule has 0 bridgehead atoms. The molecule has 0 atom stereocenters. The Morgan fingerprint density at radius 3 is 2.32 bits per heavy atom. The van der Waals surface area contributed by atoms with Gasteiger partial charge in [0.15, 0.2) is 0 Å². The number of rotatable bonds is 21. The average Bonchev–Trinajstić information content (AvgIpc) is 3.82. The van der Waals surface area contributed by atoms with Crippen molar-refractivity contribution in [3.05, 3.63) is 119 Å². The Balaban J connectivity index is 0.830. The predicted octanol–water partition coefficient (Wildman–Crippen LogP) is 7.22. The molecule has 0 aliphatic heterocycles. The fourth-order valence-electron chi connectivity index (χ4n) is 8.85. The first-order valence-electron chi connectivity index (χ1n) is 22.3. The Morgan fingerprint density at radius 1 is 0.912 bits per heavy atom. The number of aromatic nitrogens is 4. The number of carbonyl (C=O) groups is 1. The van der Waals surface area contributed by atoms with Crippen molar-refractivity contribution in [1.82, 2.24) is 24.8 Å². The SMILES string of the molecule is CCS(=O)(=O)Nc1ccc(Oc2cccc(OCCOCCOCCN(C)c3ncc(C(=O)NC4C(C)(C)C(Oc5ccc(C#N)c(C)c5)C4(C)C)cn3)c2)c(-c2cn(C)c(=O)c3[nH]ccc23)c1. The summed E-state index contributed by atoms with van der Waals surface area (Å²) in [5, 5.41) is 13.1. The third kappa shape index (κ3) is 10.9. The highest BCUT2D eigenvalue weighted by Crippen LogP contribution is 2.55. The van der Waals surface area contributed by atoms with E-state index in [4.69, 9.17) is 23.7 Å². The lowest BCUT2D eigenvalue weighted by molar-refractivity contribution is -0.164. The summed E-state index contributed by atoms with van der Waals surface area (Å²) in [7, 11) is -0.0461. The molecule has 358 valence electrons. The zero-order chi connectivity index (χ0) is 48.8. The molecule has 3 aromatic carbocycles. The van der Waals surface area contributed by atoms with E-state index in [-0.39, 0.29) is 46.8 Å². The van der Waals surface area contributed by atoms with Gasteiger partial charge in [-0.3, -0.25) is 14.3 Å². The minimum atomic E-state index is -3.55. The number of pyridine rings is 1. The first-order valence-corrected chi connectivity index (χ1v) is 24.0. The van der Waals surface area contributed by atoms with Crippen molar-refractivity contribution in [3.8, 4) is 40.2 Å². The average molecular weight is 947 g/mol. The second-order valence-corrected chi connectivity index (χ2v) is 19.9. The van der Waals surface area contributed by atoms with Crippen LogP contribution in [0.25, 0.3) is 22.0 Å². The maximum absolute atomic E-state index is 13.4. The molecule has 3 heterocycles. The van der Waals surface area contributed by atoms with Crippen LogP contribution >= 0.6 is 0 Å². The van der Waals surface area contributed by atoms with Gasteiger partial charge in [-0.25, -0.2) is 18.4 Å². The molecule has 0 unspecified atom stereocenters. The molecule has 0 spiro atoms. The molecule has 3 N–H and O–H groups in total. The molecule has 1 aliphatic carbocycles. The molecule has 0 radical (unpaired) electrons. The number of carbonyl (C=O) groups excluding carboxylic acids is 1. The summed E-state index contributed by atoms with van der Waals surface area (Å²) in [6, 6.07) is 21.4. The maximum Gasteiger partial charge on any atom is 0.274 e. The Morgan fingerprint density at radius 2 is 1.62 bits per heavy atom. The summed E-state index contributed by atoms with van der Waals surface area (Å²) < 4.78 is 59.2. The third-order valence-corrected chi connectivity index (χ3v) is 13.5. The molecule has 0 saturated heterocycles. The van der Waals surface area contributed by atoms with E-state index in [0.717, 1.165) is 5.56 Å². The summed E-state index contributed by atoms with van der Waals surface area (Å²) in [6.07, 6.45) is 6.26. The van der Waals surface area contributed by atoms with E-state index in [1.54, 1.807) is 74.9 Å². The molecule has 17 nitrogen and oxygen atoms in total. The molecule has 18 heteroatoms. The van der Waals surface area contributed by atoms with Crippen molar-refractivity contribution in [1.29, 1.82) is 5.26 Å². The van der Waals surface area contributed by atoms with Crippen LogP contribution in [-0.4, -0.2) is 98.4 Å². The van der Waals surface area contributed by atoms with Gasteiger partial charge in [-0.15, -0.1) is 0 Å². The van der Waals surface area contributed by atoms with Crippen molar-refractivity contribution in [2.45, 2.75) is 53.7 Å². The van der Waals surface area contributed by atoms with Crippen molar-refractivity contribution < 1.29 is 36.9 Å². The fraction of sp³-hybridized carbons (Fsp3) is 0.380. The van der Waals surface area contributed by atoms with Crippen LogP contribution in [0.5, 0.6) is 23.0 Å². The van der Waals surface area contributed by atoms with E-state index < -0.39 is 10.0 Å². The molecule has 1 amide bonds. The topological polar surface area (TPSA) is 212 Å². The highest BCUT2D eigenvalue weighted by Gasteiger charge is 2.64. The zero-order valence-electron chi connectivity index (χ0n) is 39.6. The Labute approximate surface area is 396 Å². The number of sulfonamides is 1. The van der Waals surface area contributed by atoms with Gasteiger partial charge in [0.2, 0.25) is 16.0 Å². The number of aromatic amines is 1. The van der Waals surface area contributed by atoms with Crippen LogP contribution in [0.1, 0.15) is 56.1 Å². The number of anilines is 2. The van der Waals surface area contributed by atoms with Crippen LogP contribution in [-0.2, 0) is 26.5 Å². The number of benzene rings is 3. The van der Waals surface area contributed by atoms with Gasteiger partial charge in [-0.05, 0) is 74.0 Å². The predicted molar refractivity (Wildman–Crippen MR) is 260 cm³/mol. The molecule has 1 aliphatic rings. The molecule has 68 heavy (non-hydrogen) atoms. The van der Waals surface area contributed by atoms with E-state index in [0.29, 0.717) is 101 Å². The Kier molecular flexibility index (Phi) is 14.8. The van der Waals surface area contributed by atoms with Crippen LogP contribution in [0.3, 0.4) is 0 Å². The second kappa shape index (κ2) is 20.5. The first kappa shape index (κ1) is 49.0. The molecular formula is C50H58N8O9S. The van der Waals surface area contributed by atoms with Gasteiger partial charge < -0.3 is 43.5 Å². The molecule has 6 aromatic rings. The number of nitrogens with zero attached hydrogens (tertiary/aromatic N) is 5. The fourth-order valence-corrected chi connectivity index (χ4v) is 9.48. The third-order valence-electron chi connectivity index (χ3n) is 12.2. The van der Waals surface area contributed by atoms with Crippen molar-refractivity contribution in [2.24, 2.45) is 17.9 Å². The zero-order valence-corrected chi connectivity index (χ0v) is 40.4. The summed E-state index contributed by atoms with van der Waals surface area (Å²) in [5.41, 5.74) is 2.92. The van der Waals surface area contributed by atoms with Gasteiger partial charge in [0, 0.05) is 90.6 Å². The summed E-state index contributed by atoms with van der Waals surface area (Å²) in [6.45, 7) is 14.0. The molecule has 1 fully saturated rings. The minimum Gasteiger partial charge on any atom is -0.491 e. The summed E-state index contributed by atoms with van der Waals surface area (Å²) in [5.74, 6) is 2.30. The Bertz CT molecular complexity index is 2960. The van der Waals surface area contributed by atoms with E-state index in [1.165, 1.54) is 17.0 Å². The number of amides is 1. The monoisotopic (exact) mass is 946 g/mol. The van der Waals surface area contributed by atoms with Crippen molar-refractivity contribution in [2.75, 3.05) is 62.0 Å². The summed E-state index contributed by atoms with van der Waals surface area (Å²) >= 11 is 0. The number of hydrogen-bond donors (Lipinski definition) is 3. The molecule has 1 saturated carbocycles. The van der Waals surface area contributed by atoms with Crippen LogP contribution in [0, 0.1) is 29.1 Å². The van der Waals surface area contributed by atoms with E-state index in [9.17, 15) is 23.3 Å². The molecular weight excluding hydrogens is 889 g/mol. The highest BCUT2D eigenvalue weighted by molar-refractivity contribution is 7.92.